The first-order chi connectivity index (χ1) is 9.47. The van der Waals surface area contributed by atoms with E-state index in [4.69, 9.17) is 0 Å². The van der Waals surface area contributed by atoms with Gasteiger partial charge in [-0.15, -0.1) is 0 Å². The van der Waals surface area contributed by atoms with Gasteiger partial charge in [-0.3, -0.25) is 14.9 Å². The summed E-state index contributed by atoms with van der Waals surface area (Å²) in [6, 6.07) is 4.96. The van der Waals surface area contributed by atoms with Crippen molar-refractivity contribution < 1.29 is 9.72 Å². The molecule has 1 atom stereocenters. The maximum Gasteiger partial charge on any atom is 0.292 e. The molecular formula is C13H16BrN3O3. The summed E-state index contributed by atoms with van der Waals surface area (Å²) in [5.74, 6) is -0.0689. The quantitative estimate of drug-likeness (QED) is 0.676. The molecule has 0 spiro atoms. The van der Waals surface area contributed by atoms with Crippen molar-refractivity contribution in [3.05, 3.63) is 32.8 Å². The molecule has 1 saturated heterocycles. The lowest BCUT2D eigenvalue weighted by Gasteiger charge is -2.34. The first-order valence-corrected chi connectivity index (χ1v) is 7.22. The van der Waals surface area contributed by atoms with E-state index in [0.717, 1.165) is 23.9 Å². The fraction of sp³-hybridized carbons (Fsp3) is 0.462. The predicted molar refractivity (Wildman–Crippen MR) is 79.8 cm³/mol. The van der Waals surface area contributed by atoms with Gasteiger partial charge in [-0.1, -0.05) is 15.9 Å². The summed E-state index contributed by atoms with van der Waals surface area (Å²) in [5, 5.41) is 14.0. The van der Waals surface area contributed by atoms with Gasteiger partial charge < -0.3 is 10.2 Å². The van der Waals surface area contributed by atoms with Gasteiger partial charge in [-0.25, -0.2) is 0 Å². The number of hydrogen-bond donors (Lipinski definition) is 1. The molecule has 1 fully saturated rings. The summed E-state index contributed by atoms with van der Waals surface area (Å²) in [4.78, 5) is 23.9. The number of nitrogens with zero attached hydrogens (tertiary/aromatic N) is 2. The van der Waals surface area contributed by atoms with Crippen LogP contribution >= 0.6 is 15.9 Å². The van der Waals surface area contributed by atoms with Gasteiger partial charge in [0.25, 0.3) is 5.69 Å². The van der Waals surface area contributed by atoms with Crippen molar-refractivity contribution in [3.63, 3.8) is 0 Å². The zero-order valence-electron chi connectivity index (χ0n) is 11.1. The van der Waals surface area contributed by atoms with E-state index in [1.54, 1.807) is 12.1 Å². The van der Waals surface area contributed by atoms with Gasteiger partial charge in [0.1, 0.15) is 5.69 Å². The molecule has 2 rings (SSSR count). The number of benzene rings is 1. The molecule has 1 aromatic rings. The van der Waals surface area contributed by atoms with Crippen molar-refractivity contribution in [1.29, 1.82) is 0 Å². The topological polar surface area (TPSA) is 75.5 Å². The molecule has 7 heteroatoms. The number of nitro groups is 1. The Kier molecular flexibility index (Phi) is 4.59. The van der Waals surface area contributed by atoms with Crippen molar-refractivity contribution in [2.45, 2.75) is 25.8 Å². The minimum Gasteiger partial charge on any atom is -0.364 e. The molecule has 0 saturated carbocycles. The number of halogens is 1. The zero-order chi connectivity index (χ0) is 14.7. The summed E-state index contributed by atoms with van der Waals surface area (Å²) in [7, 11) is 0. The van der Waals surface area contributed by atoms with Crippen LogP contribution in [0.4, 0.5) is 11.4 Å². The highest BCUT2D eigenvalue weighted by atomic mass is 79.9. The van der Waals surface area contributed by atoms with Crippen LogP contribution in [0.1, 0.15) is 19.8 Å². The number of nitrogens with one attached hydrogen (secondary N) is 1. The van der Waals surface area contributed by atoms with Crippen LogP contribution in [0.2, 0.25) is 0 Å². The lowest BCUT2D eigenvalue weighted by molar-refractivity contribution is -0.384. The number of nitro benzene ring substituents is 1. The van der Waals surface area contributed by atoms with Crippen molar-refractivity contribution in [3.8, 4) is 0 Å². The van der Waals surface area contributed by atoms with E-state index in [2.05, 4.69) is 21.2 Å². The van der Waals surface area contributed by atoms with E-state index >= 15 is 0 Å². The summed E-state index contributed by atoms with van der Waals surface area (Å²) < 4.78 is 0.805. The maximum absolute atomic E-state index is 11.1. The average molecular weight is 342 g/mol. The minimum atomic E-state index is -0.371. The largest absolute Gasteiger partial charge is 0.364 e. The molecule has 108 valence electrons. The number of anilines is 1. The Morgan fingerprint density at radius 2 is 2.30 bits per heavy atom. The Morgan fingerprint density at radius 3 is 2.95 bits per heavy atom. The van der Waals surface area contributed by atoms with Crippen LogP contribution in [0.5, 0.6) is 0 Å². The number of carbonyl (C=O) groups is 1. The van der Waals surface area contributed by atoms with E-state index in [1.165, 1.54) is 13.0 Å². The van der Waals surface area contributed by atoms with E-state index < -0.39 is 0 Å². The molecule has 0 aliphatic carbocycles. The van der Waals surface area contributed by atoms with Crippen molar-refractivity contribution >= 4 is 33.2 Å². The third-order valence-electron chi connectivity index (χ3n) is 3.30. The van der Waals surface area contributed by atoms with Gasteiger partial charge in [0.2, 0.25) is 5.91 Å². The number of hydrogen-bond acceptors (Lipinski definition) is 4. The van der Waals surface area contributed by atoms with Gasteiger partial charge in [-0.2, -0.15) is 0 Å². The zero-order valence-corrected chi connectivity index (χ0v) is 12.7. The molecular weight excluding hydrogens is 326 g/mol. The Morgan fingerprint density at radius 1 is 1.55 bits per heavy atom. The molecule has 1 aromatic carbocycles. The van der Waals surface area contributed by atoms with Crippen molar-refractivity contribution in [2.24, 2.45) is 0 Å². The van der Waals surface area contributed by atoms with E-state index in [1.807, 2.05) is 4.90 Å². The lowest BCUT2D eigenvalue weighted by Crippen LogP contribution is -2.47. The van der Waals surface area contributed by atoms with E-state index in [-0.39, 0.29) is 22.6 Å². The van der Waals surface area contributed by atoms with Crippen LogP contribution in [0.15, 0.2) is 22.7 Å². The molecule has 1 N–H and O–H groups in total. The molecule has 0 bridgehead atoms. The Labute approximate surface area is 125 Å². The van der Waals surface area contributed by atoms with Crippen LogP contribution in [0.25, 0.3) is 0 Å². The molecule has 1 aliphatic heterocycles. The monoisotopic (exact) mass is 341 g/mol. The summed E-state index contributed by atoms with van der Waals surface area (Å²) in [5.41, 5.74) is 0.691. The highest BCUT2D eigenvalue weighted by Crippen LogP contribution is 2.32. The normalized spacial score (nSPS) is 18.7. The van der Waals surface area contributed by atoms with Crippen LogP contribution in [0.3, 0.4) is 0 Å². The number of amides is 1. The van der Waals surface area contributed by atoms with Crippen LogP contribution in [-0.2, 0) is 4.79 Å². The molecule has 0 radical (unpaired) electrons. The second kappa shape index (κ2) is 6.21. The molecule has 20 heavy (non-hydrogen) atoms. The fourth-order valence-corrected chi connectivity index (χ4v) is 2.85. The lowest BCUT2D eigenvalue weighted by atomic mass is 10.0. The van der Waals surface area contributed by atoms with Crippen LogP contribution < -0.4 is 10.2 Å². The highest BCUT2D eigenvalue weighted by molar-refractivity contribution is 9.10. The number of carbonyl (C=O) groups excluding carboxylic acids is 1. The summed E-state index contributed by atoms with van der Waals surface area (Å²) in [6.45, 7) is 2.84. The smallest absolute Gasteiger partial charge is 0.292 e. The van der Waals surface area contributed by atoms with Crippen molar-refractivity contribution in [1.82, 2.24) is 5.32 Å². The second-order valence-corrected chi connectivity index (χ2v) is 5.79. The molecule has 1 heterocycles. The first-order valence-electron chi connectivity index (χ1n) is 6.43. The van der Waals surface area contributed by atoms with E-state index in [0.29, 0.717) is 12.2 Å². The molecule has 6 nitrogen and oxygen atoms in total. The van der Waals surface area contributed by atoms with Gasteiger partial charge in [-0.05, 0) is 25.0 Å². The summed E-state index contributed by atoms with van der Waals surface area (Å²) in [6.07, 6.45) is 1.80. The molecule has 1 aliphatic rings. The highest BCUT2D eigenvalue weighted by Gasteiger charge is 2.26. The van der Waals surface area contributed by atoms with Gasteiger partial charge in [0.15, 0.2) is 0 Å². The molecule has 1 amide bonds. The first kappa shape index (κ1) is 14.8. The minimum absolute atomic E-state index is 0.0415. The Balaban J connectivity index is 2.24. The van der Waals surface area contributed by atoms with Crippen LogP contribution in [0, 0.1) is 10.1 Å². The Bertz CT molecular complexity index is 536. The Hall–Kier alpha value is -1.63. The summed E-state index contributed by atoms with van der Waals surface area (Å²) >= 11 is 3.35. The third-order valence-corrected chi connectivity index (χ3v) is 3.80. The number of piperidine rings is 1. The predicted octanol–water partition coefficient (Wildman–Crippen LogP) is 2.46. The third kappa shape index (κ3) is 3.47. The average Bonchev–Trinajstić information content (AvgIpc) is 2.37. The fourth-order valence-electron chi connectivity index (χ4n) is 2.51. The second-order valence-electron chi connectivity index (χ2n) is 4.88. The standard InChI is InChI=1S/C13H16BrN3O3/c1-9(18)15-11-3-2-6-16(8-11)13-7-10(14)4-5-12(13)17(19)20/h4-5,7,11H,2-3,6,8H2,1H3,(H,15,18). The molecule has 1 unspecified atom stereocenters. The van der Waals surface area contributed by atoms with Gasteiger partial charge >= 0.3 is 0 Å². The SMILES string of the molecule is CC(=O)NC1CCCN(c2cc(Br)ccc2[N+](=O)[O-])C1. The van der Waals surface area contributed by atoms with E-state index in [9.17, 15) is 14.9 Å². The van der Waals surface area contributed by atoms with Gasteiger partial charge in [0.05, 0.1) is 4.92 Å². The molecule has 0 aromatic heterocycles. The van der Waals surface area contributed by atoms with Crippen LogP contribution in [-0.4, -0.2) is 30.0 Å². The van der Waals surface area contributed by atoms with Gasteiger partial charge in [0, 0.05) is 36.6 Å². The van der Waals surface area contributed by atoms with Crippen molar-refractivity contribution in [2.75, 3.05) is 18.0 Å². The number of rotatable bonds is 3. The maximum atomic E-state index is 11.1.